The predicted octanol–water partition coefficient (Wildman–Crippen LogP) is 4.17. The Morgan fingerprint density at radius 2 is 1.92 bits per heavy atom. The van der Waals surface area contributed by atoms with Gasteiger partial charge in [-0.15, -0.1) is 0 Å². The summed E-state index contributed by atoms with van der Waals surface area (Å²) in [6, 6.07) is 9.41. The fraction of sp³-hybridized carbons (Fsp3) is 0.211. The lowest BCUT2D eigenvalue weighted by atomic mass is 10.0. The molecule has 0 saturated carbocycles. The summed E-state index contributed by atoms with van der Waals surface area (Å²) in [5.74, 6) is 0.0382. The Hall–Kier alpha value is -2.95. The molecule has 0 radical (unpaired) electrons. The summed E-state index contributed by atoms with van der Waals surface area (Å²) in [6.45, 7) is 3.52. The highest BCUT2D eigenvalue weighted by molar-refractivity contribution is 6.01. The zero-order valence-electron chi connectivity index (χ0n) is 13.7. The third-order valence-electron chi connectivity index (χ3n) is 3.91. The smallest absolute Gasteiger partial charge is 0.224 e. The van der Waals surface area contributed by atoms with Crippen LogP contribution in [-0.4, -0.2) is 21.7 Å². The third kappa shape index (κ3) is 3.20. The maximum atomic E-state index is 11.8. The molecule has 0 bridgehead atoms. The van der Waals surface area contributed by atoms with Crippen molar-refractivity contribution in [3.63, 3.8) is 0 Å². The molecule has 0 aliphatic rings. The highest BCUT2D eigenvalue weighted by atomic mass is 16.1. The lowest BCUT2D eigenvalue weighted by Gasteiger charge is -2.05. The van der Waals surface area contributed by atoms with Crippen molar-refractivity contribution in [1.29, 1.82) is 0 Å². The average Bonchev–Trinajstić information content (AvgIpc) is 2.97. The third-order valence-corrected chi connectivity index (χ3v) is 3.91. The number of amides is 1. The van der Waals surface area contributed by atoms with Crippen molar-refractivity contribution in [2.45, 2.75) is 26.7 Å². The minimum Gasteiger partial charge on any atom is -0.344 e. The number of aromatic amines is 1. The van der Waals surface area contributed by atoms with Gasteiger partial charge in [-0.25, -0.2) is 4.98 Å². The fourth-order valence-corrected chi connectivity index (χ4v) is 2.60. The Labute approximate surface area is 140 Å². The molecule has 3 aromatic rings. The van der Waals surface area contributed by atoms with Gasteiger partial charge in [0.1, 0.15) is 5.65 Å². The number of aromatic nitrogens is 2. The molecule has 2 heterocycles. The number of anilines is 1. The highest BCUT2D eigenvalue weighted by Crippen LogP contribution is 2.27. The zero-order valence-corrected chi connectivity index (χ0v) is 13.7. The van der Waals surface area contributed by atoms with Crippen LogP contribution in [-0.2, 0) is 4.79 Å². The number of fused-ring (bicyclic) bond motifs is 1. The maximum absolute atomic E-state index is 11.8. The van der Waals surface area contributed by atoms with Crippen molar-refractivity contribution >= 4 is 28.4 Å². The normalized spacial score (nSPS) is 10.8. The largest absolute Gasteiger partial charge is 0.344 e. The minimum absolute atomic E-state index is 0.00499. The zero-order chi connectivity index (χ0) is 17.1. The molecule has 5 heteroatoms. The van der Waals surface area contributed by atoms with E-state index in [4.69, 9.17) is 0 Å². The Morgan fingerprint density at radius 3 is 2.58 bits per heavy atom. The van der Waals surface area contributed by atoms with Crippen LogP contribution in [0.5, 0.6) is 0 Å². The molecule has 0 unspecified atom stereocenters. The van der Waals surface area contributed by atoms with Crippen molar-refractivity contribution in [3.05, 3.63) is 48.3 Å². The number of H-pyrrole nitrogens is 1. The van der Waals surface area contributed by atoms with E-state index in [0.29, 0.717) is 12.0 Å². The SMILES string of the molecule is CCCC(=O)Nc1c[nH]c2ncc(-c3ccc(C(C)=O)cc3)cc12. The molecule has 0 spiro atoms. The number of hydrogen-bond donors (Lipinski definition) is 2. The number of hydrogen-bond acceptors (Lipinski definition) is 3. The molecule has 24 heavy (non-hydrogen) atoms. The van der Waals surface area contributed by atoms with E-state index in [-0.39, 0.29) is 11.7 Å². The molecule has 0 aliphatic carbocycles. The molecule has 1 aromatic carbocycles. The standard InChI is InChI=1S/C19H19N3O2/c1-3-4-18(24)22-17-11-21-19-16(17)9-15(10-20-19)14-7-5-13(6-8-14)12(2)23/h5-11H,3-4H2,1-2H3,(H,20,21)(H,22,24). The number of nitrogens with one attached hydrogen (secondary N) is 2. The second-order valence-corrected chi connectivity index (χ2v) is 5.75. The van der Waals surface area contributed by atoms with Gasteiger partial charge < -0.3 is 10.3 Å². The molecule has 0 atom stereocenters. The van der Waals surface area contributed by atoms with Crippen LogP contribution < -0.4 is 5.32 Å². The topological polar surface area (TPSA) is 74.8 Å². The number of nitrogens with zero attached hydrogens (tertiary/aromatic N) is 1. The van der Waals surface area contributed by atoms with Gasteiger partial charge in [0.2, 0.25) is 5.91 Å². The molecule has 2 N–H and O–H groups in total. The van der Waals surface area contributed by atoms with Crippen LogP contribution in [0.2, 0.25) is 0 Å². The van der Waals surface area contributed by atoms with Gasteiger partial charge >= 0.3 is 0 Å². The molecule has 2 aromatic heterocycles. The van der Waals surface area contributed by atoms with E-state index in [9.17, 15) is 9.59 Å². The molecule has 0 fully saturated rings. The Morgan fingerprint density at radius 1 is 1.17 bits per heavy atom. The van der Waals surface area contributed by atoms with E-state index >= 15 is 0 Å². The molecule has 3 rings (SSSR count). The number of carbonyl (C=O) groups is 2. The van der Waals surface area contributed by atoms with Gasteiger partial charge in [-0.05, 0) is 25.0 Å². The second-order valence-electron chi connectivity index (χ2n) is 5.75. The highest BCUT2D eigenvalue weighted by Gasteiger charge is 2.10. The lowest BCUT2D eigenvalue weighted by Crippen LogP contribution is -2.10. The maximum Gasteiger partial charge on any atom is 0.224 e. The number of Topliss-reactive ketones (excluding diaryl/α,β-unsaturated/α-hetero) is 1. The van der Waals surface area contributed by atoms with Crippen LogP contribution in [0.15, 0.2) is 42.7 Å². The lowest BCUT2D eigenvalue weighted by molar-refractivity contribution is -0.116. The van der Waals surface area contributed by atoms with Crippen LogP contribution in [0.4, 0.5) is 5.69 Å². The van der Waals surface area contributed by atoms with Crippen molar-refractivity contribution in [3.8, 4) is 11.1 Å². The van der Waals surface area contributed by atoms with Crippen molar-refractivity contribution < 1.29 is 9.59 Å². The number of benzene rings is 1. The summed E-state index contributed by atoms with van der Waals surface area (Å²) in [4.78, 5) is 30.7. The van der Waals surface area contributed by atoms with Crippen LogP contribution in [0, 0.1) is 0 Å². The summed E-state index contributed by atoms with van der Waals surface area (Å²) in [7, 11) is 0. The summed E-state index contributed by atoms with van der Waals surface area (Å²) >= 11 is 0. The molecule has 0 aliphatic heterocycles. The van der Waals surface area contributed by atoms with E-state index < -0.39 is 0 Å². The second kappa shape index (κ2) is 6.66. The van der Waals surface area contributed by atoms with Crippen LogP contribution in [0.1, 0.15) is 37.0 Å². The Balaban J connectivity index is 1.95. The monoisotopic (exact) mass is 321 g/mol. The van der Waals surface area contributed by atoms with E-state index in [2.05, 4.69) is 15.3 Å². The molecular weight excluding hydrogens is 302 g/mol. The molecule has 5 nitrogen and oxygen atoms in total. The van der Waals surface area contributed by atoms with Crippen LogP contribution in [0.3, 0.4) is 0 Å². The van der Waals surface area contributed by atoms with Gasteiger partial charge in [-0.1, -0.05) is 31.2 Å². The first kappa shape index (κ1) is 15.9. The van der Waals surface area contributed by atoms with Crippen molar-refractivity contribution in [1.82, 2.24) is 9.97 Å². The quantitative estimate of drug-likeness (QED) is 0.693. The predicted molar refractivity (Wildman–Crippen MR) is 95.1 cm³/mol. The average molecular weight is 321 g/mol. The first-order valence-electron chi connectivity index (χ1n) is 7.97. The van der Waals surface area contributed by atoms with Gasteiger partial charge in [0.15, 0.2) is 5.78 Å². The van der Waals surface area contributed by atoms with Gasteiger partial charge in [0, 0.05) is 35.3 Å². The summed E-state index contributed by atoms with van der Waals surface area (Å²) in [5.41, 5.74) is 4.05. The molecule has 1 amide bonds. The number of carbonyl (C=O) groups excluding carboxylic acids is 2. The summed E-state index contributed by atoms with van der Waals surface area (Å²) in [5, 5.41) is 3.78. The van der Waals surface area contributed by atoms with E-state index in [1.54, 1.807) is 19.3 Å². The summed E-state index contributed by atoms with van der Waals surface area (Å²) in [6.07, 6.45) is 4.83. The summed E-state index contributed by atoms with van der Waals surface area (Å²) < 4.78 is 0. The number of rotatable bonds is 5. The van der Waals surface area contributed by atoms with Gasteiger partial charge in [-0.3, -0.25) is 9.59 Å². The van der Waals surface area contributed by atoms with Crippen LogP contribution in [0.25, 0.3) is 22.2 Å². The van der Waals surface area contributed by atoms with E-state index in [1.807, 2.05) is 37.3 Å². The van der Waals surface area contributed by atoms with Crippen LogP contribution >= 0.6 is 0 Å². The van der Waals surface area contributed by atoms with E-state index in [1.165, 1.54) is 0 Å². The molecule has 122 valence electrons. The van der Waals surface area contributed by atoms with Gasteiger partial charge in [0.05, 0.1) is 5.69 Å². The van der Waals surface area contributed by atoms with E-state index in [0.717, 1.165) is 34.3 Å². The molecule has 0 saturated heterocycles. The van der Waals surface area contributed by atoms with Crippen molar-refractivity contribution in [2.24, 2.45) is 0 Å². The number of pyridine rings is 1. The number of ketones is 1. The Kier molecular flexibility index (Phi) is 4.42. The van der Waals surface area contributed by atoms with Gasteiger partial charge in [0.25, 0.3) is 0 Å². The Bertz CT molecular complexity index is 895. The minimum atomic E-state index is -0.00499. The first-order valence-corrected chi connectivity index (χ1v) is 7.97. The fourth-order valence-electron chi connectivity index (χ4n) is 2.60. The van der Waals surface area contributed by atoms with Crippen molar-refractivity contribution in [2.75, 3.05) is 5.32 Å². The first-order chi connectivity index (χ1) is 11.6. The van der Waals surface area contributed by atoms with Gasteiger partial charge in [-0.2, -0.15) is 0 Å². The molecular formula is C19H19N3O2.